The summed E-state index contributed by atoms with van der Waals surface area (Å²) in [5.74, 6) is 1.00. The van der Waals surface area contributed by atoms with Crippen molar-refractivity contribution in [3.63, 3.8) is 0 Å². The number of rotatable bonds is 6. The number of para-hydroxylation sites is 1. The molecule has 2 heterocycles. The van der Waals surface area contributed by atoms with Crippen LogP contribution >= 0.6 is 11.3 Å². The molecule has 162 valence electrons. The molecule has 0 spiro atoms. The molecule has 0 bridgehead atoms. The maximum atomic E-state index is 12.6. The summed E-state index contributed by atoms with van der Waals surface area (Å²) in [4.78, 5) is 31.6. The number of nitrogens with one attached hydrogen (secondary N) is 1. The number of carbonyl (C=O) groups is 2. The van der Waals surface area contributed by atoms with Crippen LogP contribution in [-0.4, -0.2) is 55.6 Å². The SMILES string of the molecule is COc1ccc(C(=O)NCC(=O)N2CCC(c3nc4ccccc4s3)CC2)cc1OC. The molecule has 1 aromatic heterocycles. The van der Waals surface area contributed by atoms with E-state index in [1.807, 2.05) is 23.1 Å². The van der Waals surface area contributed by atoms with Crippen LogP contribution in [0.25, 0.3) is 10.2 Å². The molecule has 1 fully saturated rings. The van der Waals surface area contributed by atoms with E-state index in [2.05, 4.69) is 11.4 Å². The molecule has 0 unspecified atom stereocenters. The summed E-state index contributed by atoms with van der Waals surface area (Å²) in [5, 5.41) is 3.86. The van der Waals surface area contributed by atoms with E-state index in [1.165, 1.54) is 18.9 Å². The summed E-state index contributed by atoms with van der Waals surface area (Å²) in [6.07, 6.45) is 1.77. The fourth-order valence-electron chi connectivity index (χ4n) is 3.79. The van der Waals surface area contributed by atoms with Crippen LogP contribution in [0.5, 0.6) is 11.5 Å². The molecular weight excluding hydrogens is 414 g/mol. The van der Waals surface area contributed by atoms with Gasteiger partial charge in [0.2, 0.25) is 5.91 Å². The number of fused-ring (bicyclic) bond motifs is 1. The minimum atomic E-state index is -0.321. The highest BCUT2D eigenvalue weighted by atomic mass is 32.1. The predicted octanol–water partition coefficient (Wildman–Crippen LogP) is 3.45. The lowest BCUT2D eigenvalue weighted by atomic mass is 9.97. The zero-order valence-corrected chi connectivity index (χ0v) is 18.4. The lowest BCUT2D eigenvalue weighted by Crippen LogP contribution is -2.43. The fourth-order valence-corrected chi connectivity index (χ4v) is 4.92. The molecule has 3 aromatic rings. The third-order valence-electron chi connectivity index (χ3n) is 5.55. The number of thiazole rings is 1. The number of nitrogens with zero attached hydrogens (tertiary/aromatic N) is 2. The third-order valence-corrected chi connectivity index (χ3v) is 6.75. The van der Waals surface area contributed by atoms with E-state index < -0.39 is 0 Å². The Kier molecular flexibility index (Phi) is 6.36. The van der Waals surface area contributed by atoms with Gasteiger partial charge in [0, 0.05) is 24.6 Å². The molecular formula is C23H25N3O4S. The molecule has 31 heavy (non-hydrogen) atoms. The van der Waals surface area contributed by atoms with Crippen molar-refractivity contribution in [2.45, 2.75) is 18.8 Å². The Morgan fingerprint density at radius 2 is 1.84 bits per heavy atom. The molecule has 0 saturated carbocycles. The number of carbonyl (C=O) groups excluding carboxylic acids is 2. The first-order valence-electron chi connectivity index (χ1n) is 10.2. The molecule has 1 N–H and O–H groups in total. The van der Waals surface area contributed by atoms with Crippen molar-refractivity contribution in [1.29, 1.82) is 0 Å². The summed E-state index contributed by atoms with van der Waals surface area (Å²) < 4.78 is 11.6. The number of benzene rings is 2. The van der Waals surface area contributed by atoms with Crippen molar-refractivity contribution in [3.05, 3.63) is 53.0 Å². The molecule has 0 radical (unpaired) electrons. The highest BCUT2D eigenvalue weighted by Crippen LogP contribution is 2.33. The van der Waals surface area contributed by atoms with Gasteiger partial charge >= 0.3 is 0 Å². The number of piperidine rings is 1. The van der Waals surface area contributed by atoms with Gasteiger partial charge in [-0.2, -0.15) is 0 Å². The maximum absolute atomic E-state index is 12.6. The second-order valence-corrected chi connectivity index (χ2v) is 8.49. The van der Waals surface area contributed by atoms with Gasteiger partial charge in [-0.05, 0) is 43.2 Å². The van der Waals surface area contributed by atoms with E-state index in [0.29, 0.717) is 36.1 Å². The Morgan fingerprint density at radius 1 is 1.10 bits per heavy atom. The first-order chi connectivity index (χ1) is 15.1. The van der Waals surface area contributed by atoms with Crippen LogP contribution in [0.15, 0.2) is 42.5 Å². The molecule has 1 saturated heterocycles. The van der Waals surface area contributed by atoms with Crippen LogP contribution in [-0.2, 0) is 4.79 Å². The fraction of sp³-hybridized carbons (Fsp3) is 0.348. The molecule has 0 aliphatic carbocycles. The first-order valence-corrected chi connectivity index (χ1v) is 11.0. The highest BCUT2D eigenvalue weighted by Gasteiger charge is 2.26. The molecule has 2 amide bonds. The van der Waals surface area contributed by atoms with E-state index in [0.717, 1.165) is 23.4 Å². The first kappa shape index (κ1) is 21.1. The van der Waals surface area contributed by atoms with Gasteiger partial charge in [0.05, 0.1) is 36.0 Å². The topological polar surface area (TPSA) is 80.8 Å². The smallest absolute Gasteiger partial charge is 0.251 e. The molecule has 0 atom stereocenters. The second-order valence-electron chi connectivity index (χ2n) is 7.43. The average molecular weight is 440 g/mol. The Labute approximate surface area is 185 Å². The standard InChI is InChI=1S/C23H25N3O4S/c1-29-18-8-7-16(13-19(18)30-2)22(28)24-14-21(27)26-11-9-15(10-12-26)23-25-17-5-3-4-6-20(17)31-23/h3-8,13,15H,9-12,14H2,1-2H3,(H,24,28). The number of aromatic nitrogens is 1. The molecule has 8 heteroatoms. The van der Waals surface area contributed by atoms with Gasteiger partial charge in [-0.3, -0.25) is 9.59 Å². The van der Waals surface area contributed by atoms with E-state index in [-0.39, 0.29) is 18.4 Å². The van der Waals surface area contributed by atoms with E-state index >= 15 is 0 Å². The highest BCUT2D eigenvalue weighted by molar-refractivity contribution is 7.18. The van der Waals surface area contributed by atoms with Gasteiger partial charge in [-0.1, -0.05) is 12.1 Å². The third kappa shape index (κ3) is 4.64. The maximum Gasteiger partial charge on any atom is 0.251 e. The van der Waals surface area contributed by atoms with Gasteiger partial charge in [-0.15, -0.1) is 11.3 Å². The Hall–Kier alpha value is -3.13. The van der Waals surface area contributed by atoms with Crippen molar-refractivity contribution in [2.24, 2.45) is 0 Å². The quantitative estimate of drug-likeness (QED) is 0.636. The van der Waals surface area contributed by atoms with Crippen LogP contribution in [0.3, 0.4) is 0 Å². The minimum Gasteiger partial charge on any atom is -0.493 e. The van der Waals surface area contributed by atoms with Gasteiger partial charge in [0.15, 0.2) is 11.5 Å². The number of amides is 2. The molecule has 4 rings (SSSR count). The Balaban J connectivity index is 1.29. The molecule has 1 aliphatic heterocycles. The minimum absolute atomic E-state index is 0.0288. The van der Waals surface area contributed by atoms with Gasteiger partial charge < -0.3 is 19.7 Å². The largest absolute Gasteiger partial charge is 0.493 e. The Morgan fingerprint density at radius 3 is 2.55 bits per heavy atom. The van der Waals surface area contributed by atoms with Crippen LogP contribution in [0, 0.1) is 0 Å². The van der Waals surface area contributed by atoms with Gasteiger partial charge in [-0.25, -0.2) is 4.98 Å². The zero-order chi connectivity index (χ0) is 21.8. The summed E-state index contributed by atoms with van der Waals surface area (Å²) in [5.41, 5.74) is 1.46. The predicted molar refractivity (Wildman–Crippen MR) is 120 cm³/mol. The zero-order valence-electron chi connectivity index (χ0n) is 17.6. The number of hydrogen-bond donors (Lipinski definition) is 1. The van der Waals surface area contributed by atoms with Gasteiger partial charge in [0.25, 0.3) is 5.91 Å². The summed E-state index contributed by atoms with van der Waals surface area (Å²) in [7, 11) is 3.05. The lowest BCUT2D eigenvalue weighted by molar-refractivity contribution is -0.131. The summed E-state index contributed by atoms with van der Waals surface area (Å²) in [6.45, 7) is 1.32. The van der Waals surface area contributed by atoms with E-state index in [1.54, 1.807) is 29.5 Å². The number of likely N-dealkylation sites (tertiary alicyclic amines) is 1. The van der Waals surface area contributed by atoms with Gasteiger partial charge in [0.1, 0.15) is 0 Å². The van der Waals surface area contributed by atoms with Crippen LogP contribution in [0.1, 0.15) is 34.1 Å². The number of methoxy groups -OCH3 is 2. The molecule has 1 aliphatic rings. The Bertz CT molecular complexity index is 1060. The van der Waals surface area contributed by atoms with Crippen molar-refractivity contribution < 1.29 is 19.1 Å². The summed E-state index contributed by atoms with van der Waals surface area (Å²) in [6, 6.07) is 13.1. The number of hydrogen-bond acceptors (Lipinski definition) is 6. The number of ether oxygens (including phenoxy) is 2. The lowest BCUT2D eigenvalue weighted by Gasteiger charge is -2.31. The van der Waals surface area contributed by atoms with Crippen LogP contribution in [0.4, 0.5) is 0 Å². The second kappa shape index (κ2) is 9.34. The normalized spacial score (nSPS) is 14.5. The van der Waals surface area contributed by atoms with Crippen molar-refractivity contribution >= 4 is 33.4 Å². The van der Waals surface area contributed by atoms with E-state index in [4.69, 9.17) is 14.5 Å². The van der Waals surface area contributed by atoms with E-state index in [9.17, 15) is 9.59 Å². The van der Waals surface area contributed by atoms with Crippen LogP contribution in [0.2, 0.25) is 0 Å². The monoisotopic (exact) mass is 439 g/mol. The average Bonchev–Trinajstić information content (AvgIpc) is 3.26. The van der Waals surface area contributed by atoms with Crippen molar-refractivity contribution in [2.75, 3.05) is 33.9 Å². The molecule has 7 nitrogen and oxygen atoms in total. The van der Waals surface area contributed by atoms with Crippen LogP contribution < -0.4 is 14.8 Å². The molecule has 2 aromatic carbocycles. The summed E-state index contributed by atoms with van der Waals surface area (Å²) >= 11 is 1.74. The van der Waals surface area contributed by atoms with Crippen molar-refractivity contribution in [3.8, 4) is 11.5 Å². The van der Waals surface area contributed by atoms with Crippen molar-refractivity contribution in [1.82, 2.24) is 15.2 Å².